The number of alkyl halides is 3. The lowest BCUT2D eigenvalue weighted by molar-refractivity contribution is -0.274. The molecule has 3 aromatic rings. The number of carbonyl (C=O) groups is 1. The van der Waals surface area contributed by atoms with Crippen LogP contribution in [0.1, 0.15) is 48.2 Å². The van der Waals surface area contributed by atoms with Crippen molar-refractivity contribution in [3.8, 4) is 11.8 Å². The number of nitriles is 1. The number of imidazole rings is 1. The quantitative estimate of drug-likeness (QED) is 0.448. The molecule has 1 aromatic heterocycles. The van der Waals surface area contributed by atoms with E-state index in [2.05, 4.69) is 27.6 Å². The molecule has 10 heteroatoms. The molecule has 0 bridgehead atoms. The van der Waals surface area contributed by atoms with E-state index < -0.39 is 17.7 Å². The Labute approximate surface area is 212 Å². The van der Waals surface area contributed by atoms with Crippen LogP contribution in [0, 0.1) is 16.7 Å². The molecule has 37 heavy (non-hydrogen) atoms. The van der Waals surface area contributed by atoms with Gasteiger partial charge in [0.05, 0.1) is 29.1 Å². The molecular formula is C27H27F3N4O3. The van der Waals surface area contributed by atoms with Crippen LogP contribution in [0.25, 0.3) is 0 Å². The molecule has 0 spiro atoms. The van der Waals surface area contributed by atoms with Crippen molar-refractivity contribution in [2.24, 2.45) is 5.41 Å². The van der Waals surface area contributed by atoms with E-state index in [-0.39, 0.29) is 18.2 Å². The number of hydrogen-bond donors (Lipinski definition) is 1. The van der Waals surface area contributed by atoms with Gasteiger partial charge in [0, 0.05) is 18.8 Å². The molecule has 2 heterocycles. The zero-order chi connectivity index (χ0) is 26.6. The fourth-order valence-corrected chi connectivity index (χ4v) is 4.93. The minimum atomic E-state index is -4.81. The van der Waals surface area contributed by atoms with Crippen LogP contribution in [0.15, 0.2) is 61.1 Å². The maximum Gasteiger partial charge on any atom is 0.573 e. The topological polar surface area (TPSA) is 91.4 Å². The summed E-state index contributed by atoms with van der Waals surface area (Å²) >= 11 is 0. The Bertz CT molecular complexity index is 1270. The number of hydrogen-bond acceptors (Lipinski definition) is 5. The molecule has 4 rings (SSSR count). The van der Waals surface area contributed by atoms with E-state index in [0.717, 1.165) is 11.3 Å². The predicted molar refractivity (Wildman–Crippen MR) is 129 cm³/mol. The predicted octanol–water partition coefficient (Wildman–Crippen LogP) is 5.17. The Kier molecular flexibility index (Phi) is 7.55. The molecule has 0 amide bonds. The van der Waals surface area contributed by atoms with Gasteiger partial charge >= 0.3 is 12.3 Å². The lowest BCUT2D eigenvalue weighted by Crippen LogP contribution is -2.46. The second-order valence-electron chi connectivity index (χ2n) is 9.42. The minimum Gasteiger partial charge on any atom is -0.481 e. The van der Waals surface area contributed by atoms with Gasteiger partial charge in [-0.25, -0.2) is 4.98 Å². The van der Waals surface area contributed by atoms with Crippen molar-refractivity contribution in [2.45, 2.75) is 45.1 Å². The fourth-order valence-electron chi connectivity index (χ4n) is 4.93. The molecule has 1 unspecified atom stereocenters. The lowest BCUT2D eigenvalue weighted by atomic mass is 9.73. The Morgan fingerprint density at radius 1 is 1.19 bits per heavy atom. The zero-order valence-electron chi connectivity index (χ0n) is 20.3. The van der Waals surface area contributed by atoms with Gasteiger partial charge < -0.3 is 14.4 Å². The van der Waals surface area contributed by atoms with Gasteiger partial charge in [-0.15, -0.1) is 13.2 Å². The maximum absolute atomic E-state index is 12.6. The van der Waals surface area contributed by atoms with Crippen LogP contribution in [0.2, 0.25) is 0 Å². The summed E-state index contributed by atoms with van der Waals surface area (Å²) in [6.45, 7) is 3.69. The first kappa shape index (κ1) is 26.2. The summed E-state index contributed by atoms with van der Waals surface area (Å²) < 4.78 is 43.9. The first-order chi connectivity index (χ1) is 17.6. The molecule has 1 fully saturated rings. The molecule has 1 N–H and O–H groups in total. The molecule has 0 saturated carbocycles. The van der Waals surface area contributed by atoms with Crippen LogP contribution in [0.5, 0.6) is 5.75 Å². The molecule has 194 valence electrons. The van der Waals surface area contributed by atoms with Gasteiger partial charge in [0.25, 0.3) is 0 Å². The van der Waals surface area contributed by atoms with Gasteiger partial charge in [-0.2, -0.15) is 5.26 Å². The van der Waals surface area contributed by atoms with E-state index in [9.17, 15) is 23.1 Å². The number of nitrogens with zero attached hydrogens (tertiary/aromatic N) is 4. The zero-order valence-corrected chi connectivity index (χ0v) is 20.3. The van der Waals surface area contributed by atoms with Crippen molar-refractivity contribution < 1.29 is 27.8 Å². The molecule has 1 atom stereocenters. The minimum absolute atomic E-state index is 0.0174. The van der Waals surface area contributed by atoms with Crippen LogP contribution < -0.4 is 4.74 Å². The summed E-state index contributed by atoms with van der Waals surface area (Å²) in [7, 11) is 0. The highest BCUT2D eigenvalue weighted by atomic mass is 19.4. The summed E-state index contributed by atoms with van der Waals surface area (Å²) in [6, 6.07) is 15.0. The third-order valence-electron chi connectivity index (χ3n) is 7.04. The van der Waals surface area contributed by atoms with Crippen molar-refractivity contribution in [2.75, 3.05) is 13.1 Å². The molecule has 1 aliphatic rings. The molecule has 2 aromatic carbocycles. The summed E-state index contributed by atoms with van der Waals surface area (Å²) in [6.07, 6.45) is -0.403. The third-order valence-corrected chi connectivity index (χ3v) is 7.04. The maximum atomic E-state index is 12.6. The number of piperidine rings is 1. The molecule has 1 saturated heterocycles. The van der Waals surface area contributed by atoms with Gasteiger partial charge in [0.15, 0.2) is 0 Å². The SMILES string of the molecule is CC(c1cncn1Cc1ccc(C#N)cc1)N1CCC(Cc2cccc(OC(F)(F)F)c2)(C(=O)O)CC1. The summed E-state index contributed by atoms with van der Waals surface area (Å²) in [5.41, 5.74) is 2.04. The van der Waals surface area contributed by atoms with E-state index in [1.54, 1.807) is 30.7 Å². The van der Waals surface area contributed by atoms with Crippen LogP contribution in [0.4, 0.5) is 13.2 Å². The van der Waals surface area contributed by atoms with Crippen molar-refractivity contribution in [3.05, 3.63) is 83.4 Å². The molecule has 0 aliphatic carbocycles. The number of aliphatic carboxylic acids is 1. The van der Waals surface area contributed by atoms with Gasteiger partial charge in [0.1, 0.15) is 5.75 Å². The number of halogens is 3. The molecular weight excluding hydrogens is 485 g/mol. The summed E-state index contributed by atoms with van der Waals surface area (Å²) in [4.78, 5) is 18.9. The van der Waals surface area contributed by atoms with Crippen molar-refractivity contribution >= 4 is 5.97 Å². The van der Waals surface area contributed by atoms with E-state index in [0.29, 0.717) is 43.6 Å². The second-order valence-corrected chi connectivity index (χ2v) is 9.42. The average molecular weight is 513 g/mol. The van der Waals surface area contributed by atoms with Crippen LogP contribution in [-0.4, -0.2) is 45.0 Å². The van der Waals surface area contributed by atoms with Crippen molar-refractivity contribution in [1.29, 1.82) is 5.26 Å². The van der Waals surface area contributed by atoms with Crippen LogP contribution in [0.3, 0.4) is 0 Å². The number of rotatable bonds is 8. The van der Waals surface area contributed by atoms with Crippen LogP contribution in [-0.2, 0) is 17.8 Å². The van der Waals surface area contributed by atoms with Crippen LogP contribution >= 0.6 is 0 Å². The molecule has 1 aliphatic heterocycles. The number of carboxylic acid groups (broad SMARTS) is 1. The van der Waals surface area contributed by atoms with Crippen molar-refractivity contribution in [1.82, 2.24) is 14.5 Å². The normalized spacial score (nSPS) is 16.6. The Morgan fingerprint density at radius 3 is 2.51 bits per heavy atom. The van der Waals surface area contributed by atoms with E-state index in [1.807, 2.05) is 16.7 Å². The number of likely N-dealkylation sites (tertiary alicyclic amines) is 1. The first-order valence-corrected chi connectivity index (χ1v) is 11.9. The average Bonchev–Trinajstić information content (AvgIpc) is 3.31. The number of carboxylic acids is 1. The number of aromatic nitrogens is 2. The smallest absolute Gasteiger partial charge is 0.481 e. The Hall–Kier alpha value is -3.84. The number of benzene rings is 2. The fraction of sp³-hybridized carbons (Fsp3) is 0.370. The van der Waals surface area contributed by atoms with Gasteiger partial charge in [0.2, 0.25) is 0 Å². The van der Waals surface area contributed by atoms with Crippen molar-refractivity contribution in [3.63, 3.8) is 0 Å². The van der Waals surface area contributed by atoms with Gasteiger partial charge in [-0.3, -0.25) is 9.69 Å². The standard InChI is InChI=1S/C27H27F3N4O3/c1-19(24-16-32-18-34(24)17-21-7-5-20(15-31)6-8-21)33-11-9-26(10-12-33,25(35)36)14-22-3-2-4-23(13-22)37-27(28,29)30/h2-8,13,16,18-19H,9-12,14,17H2,1H3,(H,35,36). The van der Waals surface area contributed by atoms with E-state index in [1.165, 1.54) is 18.2 Å². The Balaban J connectivity index is 1.44. The highest BCUT2D eigenvalue weighted by Crippen LogP contribution is 2.39. The summed E-state index contributed by atoms with van der Waals surface area (Å²) in [5.74, 6) is -1.31. The van der Waals surface area contributed by atoms with E-state index >= 15 is 0 Å². The molecule has 7 nitrogen and oxygen atoms in total. The number of ether oxygens (including phenoxy) is 1. The monoisotopic (exact) mass is 512 g/mol. The van der Waals surface area contributed by atoms with Gasteiger partial charge in [-0.05, 0) is 74.7 Å². The summed E-state index contributed by atoms with van der Waals surface area (Å²) in [5, 5.41) is 19.1. The third kappa shape index (κ3) is 6.30. The van der Waals surface area contributed by atoms with Gasteiger partial charge in [-0.1, -0.05) is 24.3 Å². The largest absolute Gasteiger partial charge is 0.573 e. The molecule has 0 radical (unpaired) electrons. The van der Waals surface area contributed by atoms with E-state index in [4.69, 9.17) is 5.26 Å². The highest BCUT2D eigenvalue weighted by Gasteiger charge is 2.43. The first-order valence-electron chi connectivity index (χ1n) is 11.9. The lowest BCUT2D eigenvalue weighted by Gasteiger charge is -2.41. The Morgan fingerprint density at radius 2 is 1.89 bits per heavy atom. The highest BCUT2D eigenvalue weighted by molar-refractivity contribution is 5.75. The second kappa shape index (κ2) is 10.6.